The van der Waals surface area contributed by atoms with Crippen molar-refractivity contribution in [3.63, 3.8) is 0 Å². The number of rotatable bonds is 4. The number of aliphatic carboxylic acids is 1. The van der Waals surface area contributed by atoms with Crippen LogP contribution in [0.25, 0.3) is 0 Å². The standard InChI is InChI=1S/C13H16BrNO3/c14-11-2-3-12(15-5-7-18-8-6-15)10(9-11)1-4-13(16)17/h2-3,9H,1,4-8H2,(H,16,17). The van der Waals surface area contributed by atoms with Gasteiger partial charge in [0.05, 0.1) is 13.2 Å². The van der Waals surface area contributed by atoms with Crippen molar-refractivity contribution in [2.75, 3.05) is 31.2 Å². The molecule has 1 heterocycles. The predicted molar refractivity (Wildman–Crippen MR) is 73.1 cm³/mol. The van der Waals surface area contributed by atoms with Crippen molar-refractivity contribution in [1.29, 1.82) is 0 Å². The number of carboxylic acids is 1. The van der Waals surface area contributed by atoms with Crippen molar-refractivity contribution >= 4 is 27.6 Å². The monoisotopic (exact) mass is 313 g/mol. The summed E-state index contributed by atoms with van der Waals surface area (Å²) < 4.78 is 6.32. The van der Waals surface area contributed by atoms with Gasteiger partial charge in [0.2, 0.25) is 0 Å². The molecule has 18 heavy (non-hydrogen) atoms. The second-order valence-corrected chi connectivity index (χ2v) is 5.18. The van der Waals surface area contributed by atoms with Gasteiger partial charge in [-0.1, -0.05) is 15.9 Å². The molecule has 0 aliphatic carbocycles. The molecule has 1 aliphatic rings. The van der Waals surface area contributed by atoms with E-state index in [2.05, 4.69) is 20.8 Å². The molecule has 1 fully saturated rings. The number of hydrogen-bond acceptors (Lipinski definition) is 3. The quantitative estimate of drug-likeness (QED) is 0.926. The van der Waals surface area contributed by atoms with E-state index in [9.17, 15) is 4.79 Å². The SMILES string of the molecule is O=C(O)CCc1cc(Br)ccc1N1CCOCC1. The molecule has 1 aromatic rings. The van der Waals surface area contributed by atoms with Crippen LogP contribution in [-0.2, 0) is 16.0 Å². The van der Waals surface area contributed by atoms with Gasteiger partial charge in [0.25, 0.3) is 0 Å². The highest BCUT2D eigenvalue weighted by molar-refractivity contribution is 9.10. The van der Waals surface area contributed by atoms with E-state index in [0.717, 1.165) is 42.0 Å². The number of carboxylic acid groups (broad SMARTS) is 1. The molecule has 0 amide bonds. The summed E-state index contributed by atoms with van der Waals surface area (Å²) in [6.07, 6.45) is 0.718. The third kappa shape index (κ3) is 3.46. The molecule has 0 aromatic heterocycles. The van der Waals surface area contributed by atoms with Crippen LogP contribution in [0.4, 0.5) is 5.69 Å². The zero-order chi connectivity index (χ0) is 13.0. The molecule has 1 aromatic carbocycles. The number of ether oxygens (including phenoxy) is 1. The van der Waals surface area contributed by atoms with E-state index in [4.69, 9.17) is 9.84 Å². The van der Waals surface area contributed by atoms with Crippen LogP contribution in [0.3, 0.4) is 0 Å². The predicted octanol–water partition coefficient (Wildman–Crippen LogP) is 2.30. The number of morpholine rings is 1. The van der Waals surface area contributed by atoms with Crippen molar-refractivity contribution in [3.8, 4) is 0 Å². The lowest BCUT2D eigenvalue weighted by molar-refractivity contribution is -0.136. The summed E-state index contributed by atoms with van der Waals surface area (Å²) in [6.45, 7) is 3.19. The molecular weight excluding hydrogens is 298 g/mol. The Hall–Kier alpha value is -1.07. The Labute approximate surface area is 115 Å². The highest BCUT2D eigenvalue weighted by atomic mass is 79.9. The summed E-state index contributed by atoms with van der Waals surface area (Å²) in [4.78, 5) is 13.0. The third-order valence-corrected chi connectivity index (χ3v) is 3.49. The largest absolute Gasteiger partial charge is 0.481 e. The molecule has 2 rings (SSSR count). The van der Waals surface area contributed by atoms with E-state index < -0.39 is 5.97 Å². The van der Waals surface area contributed by atoms with Crippen molar-refractivity contribution in [2.24, 2.45) is 0 Å². The lowest BCUT2D eigenvalue weighted by Crippen LogP contribution is -2.36. The molecule has 98 valence electrons. The van der Waals surface area contributed by atoms with Crippen molar-refractivity contribution in [1.82, 2.24) is 0 Å². The fourth-order valence-electron chi connectivity index (χ4n) is 2.11. The first-order chi connectivity index (χ1) is 8.66. The Balaban J connectivity index is 2.18. The molecule has 5 heteroatoms. The number of aryl methyl sites for hydroxylation is 1. The number of benzene rings is 1. The molecule has 1 N–H and O–H groups in total. The second kappa shape index (κ2) is 6.20. The fraction of sp³-hybridized carbons (Fsp3) is 0.462. The Bertz CT molecular complexity index is 430. The summed E-state index contributed by atoms with van der Waals surface area (Å²) in [5.41, 5.74) is 2.21. The highest BCUT2D eigenvalue weighted by Gasteiger charge is 2.15. The third-order valence-electron chi connectivity index (χ3n) is 3.00. The van der Waals surface area contributed by atoms with Gasteiger partial charge >= 0.3 is 5.97 Å². The summed E-state index contributed by atoms with van der Waals surface area (Å²) in [5.74, 6) is -0.761. The minimum absolute atomic E-state index is 0.161. The number of hydrogen-bond donors (Lipinski definition) is 1. The molecule has 4 nitrogen and oxygen atoms in total. The number of halogens is 1. The van der Waals surface area contributed by atoms with Crippen molar-refractivity contribution in [2.45, 2.75) is 12.8 Å². The van der Waals surface area contributed by atoms with Gasteiger partial charge < -0.3 is 14.7 Å². The number of carbonyl (C=O) groups is 1. The van der Waals surface area contributed by atoms with E-state index in [1.54, 1.807) is 0 Å². The smallest absolute Gasteiger partial charge is 0.303 e. The van der Waals surface area contributed by atoms with Crippen LogP contribution in [0.15, 0.2) is 22.7 Å². The first kappa shape index (κ1) is 13.4. The van der Waals surface area contributed by atoms with Crippen LogP contribution in [-0.4, -0.2) is 37.4 Å². The van der Waals surface area contributed by atoms with E-state index in [1.165, 1.54) is 0 Å². The average molecular weight is 314 g/mol. The molecule has 0 saturated carbocycles. The van der Waals surface area contributed by atoms with Gasteiger partial charge in [-0.15, -0.1) is 0 Å². The van der Waals surface area contributed by atoms with Gasteiger partial charge in [-0.3, -0.25) is 4.79 Å². The van der Waals surface area contributed by atoms with Crippen LogP contribution >= 0.6 is 15.9 Å². The second-order valence-electron chi connectivity index (χ2n) is 4.27. The van der Waals surface area contributed by atoms with Gasteiger partial charge in [0.15, 0.2) is 0 Å². The van der Waals surface area contributed by atoms with E-state index >= 15 is 0 Å². The average Bonchev–Trinajstić information content (AvgIpc) is 2.37. The van der Waals surface area contributed by atoms with Crippen LogP contribution in [0.1, 0.15) is 12.0 Å². The van der Waals surface area contributed by atoms with Gasteiger partial charge in [-0.2, -0.15) is 0 Å². The van der Waals surface area contributed by atoms with E-state index in [0.29, 0.717) is 6.42 Å². The summed E-state index contributed by atoms with van der Waals surface area (Å²) in [6, 6.07) is 6.05. The zero-order valence-corrected chi connectivity index (χ0v) is 11.6. The number of nitrogens with zero attached hydrogens (tertiary/aromatic N) is 1. The summed E-state index contributed by atoms with van der Waals surface area (Å²) in [5, 5.41) is 8.80. The van der Waals surface area contributed by atoms with E-state index in [1.807, 2.05) is 18.2 Å². The Morgan fingerprint density at radius 2 is 2.11 bits per heavy atom. The topological polar surface area (TPSA) is 49.8 Å². The van der Waals surface area contributed by atoms with Crippen LogP contribution < -0.4 is 4.90 Å². The van der Waals surface area contributed by atoms with Crippen LogP contribution in [0.2, 0.25) is 0 Å². The zero-order valence-electron chi connectivity index (χ0n) is 10.1. The highest BCUT2D eigenvalue weighted by Crippen LogP contribution is 2.26. The lowest BCUT2D eigenvalue weighted by atomic mass is 10.1. The Morgan fingerprint density at radius 1 is 1.39 bits per heavy atom. The molecule has 1 aliphatic heterocycles. The van der Waals surface area contributed by atoms with Crippen molar-refractivity contribution in [3.05, 3.63) is 28.2 Å². The maximum absolute atomic E-state index is 10.7. The van der Waals surface area contributed by atoms with Crippen LogP contribution in [0.5, 0.6) is 0 Å². The lowest BCUT2D eigenvalue weighted by Gasteiger charge is -2.30. The molecular formula is C13H16BrNO3. The van der Waals surface area contributed by atoms with Gasteiger partial charge in [0, 0.05) is 29.7 Å². The molecule has 0 bridgehead atoms. The van der Waals surface area contributed by atoms with Crippen LogP contribution in [0, 0.1) is 0 Å². The molecule has 0 atom stereocenters. The molecule has 0 spiro atoms. The Morgan fingerprint density at radius 3 is 2.78 bits per heavy atom. The first-order valence-electron chi connectivity index (χ1n) is 6.00. The minimum Gasteiger partial charge on any atom is -0.481 e. The maximum atomic E-state index is 10.7. The van der Waals surface area contributed by atoms with Crippen molar-refractivity contribution < 1.29 is 14.6 Å². The summed E-state index contributed by atoms with van der Waals surface area (Å²) in [7, 11) is 0. The van der Waals surface area contributed by atoms with Gasteiger partial charge in [-0.25, -0.2) is 0 Å². The molecule has 0 unspecified atom stereocenters. The minimum atomic E-state index is -0.761. The fourth-order valence-corrected chi connectivity index (χ4v) is 2.52. The first-order valence-corrected chi connectivity index (χ1v) is 6.79. The normalized spacial score (nSPS) is 15.7. The molecule has 1 saturated heterocycles. The Kier molecular flexibility index (Phi) is 4.60. The van der Waals surface area contributed by atoms with E-state index in [-0.39, 0.29) is 6.42 Å². The summed E-state index contributed by atoms with van der Waals surface area (Å²) >= 11 is 3.44. The number of anilines is 1. The van der Waals surface area contributed by atoms with Gasteiger partial charge in [0.1, 0.15) is 0 Å². The molecule has 0 radical (unpaired) electrons. The van der Waals surface area contributed by atoms with Gasteiger partial charge in [-0.05, 0) is 30.2 Å². The maximum Gasteiger partial charge on any atom is 0.303 e.